The van der Waals surface area contributed by atoms with Gasteiger partial charge < -0.3 is 14.6 Å². The molecule has 9 heteroatoms. The van der Waals surface area contributed by atoms with Crippen molar-refractivity contribution in [1.29, 1.82) is 0 Å². The minimum atomic E-state index is -0.971. The molecule has 1 N–H and O–H groups in total. The fourth-order valence-electron chi connectivity index (χ4n) is 6.01. The molecule has 0 saturated carbocycles. The Hall–Kier alpha value is -4.89. The Balaban J connectivity index is 1.42. The number of carboxylic acids is 1. The van der Waals surface area contributed by atoms with Gasteiger partial charge >= 0.3 is 5.97 Å². The van der Waals surface area contributed by atoms with E-state index < -0.39 is 5.97 Å². The lowest BCUT2D eigenvalue weighted by atomic mass is 9.99. The highest BCUT2D eigenvalue weighted by Gasteiger charge is 2.27. The van der Waals surface area contributed by atoms with E-state index in [-0.39, 0.29) is 17.3 Å². The topological polar surface area (TPSA) is 101 Å². The molecule has 1 aliphatic heterocycles. The van der Waals surface area contributed by atoms with Gasteiger partial charge in [0.25, 0.3) is 0 Å². The van der Waals surface area contributed by atoms with Crippen molar-refractivity contribution in [3.63, 3.8) is 0 Å². The van der Waals surface area contributed by atoms with Crippen LogP contribution in [0.2, 0.25) is 0 Å². The molecule has 0 bridgehead atoms. The number of fused-ring (bicyclic) bond motifs is 2. The summed E-state index contributed by atoms with van der Waals surface area (Å²) in [6.07, 6.45) is 6.49. The normalized spacial score (nSPS) is 13.6. The number of benzene rings is 2. The number of amides is 1. The van der Waals surface area contributed by atoms with E-state index in [2.05, 4.69) is 16.0 Å². The van der Waals surface area contributed by atoms with Gasteiger partial charge in [-0.3, -0.25) is 14.8 Å². The smallest absolute Gasteiger partial charge is 0.345 e. The first-order chi connectivity index (χ1) is 21.0. The Bertz CT molecular complexity index is 2010. The Morgan fingerprint density at radius 2 is 1.70 bits per heavy atom. The first-order valence-electron chi connectivity index (χ1n) is 14.4. The zero-order valence-corrected chi connectivity index (χ0v) is 24.5. The van der Waals surface area contributed by atoms with Crippen molar-refractivity contribution in [2.45, 2.75) is 32.7 Å². The molecule has 43 heavy (non-hydrogen) atoms. The summed E-state index contributed by atoms with van der Waals surface area (Å²) in [5.74, 6) is -0.923. The molecule has 5 heterocycles. The number of aromatic carboxylic acids is 1. The molecule has 1 fully saturated rings. The monoisotopic (exact) mass is 587 g/mol. The van der Waals surface area contributed by atoms with Gasteiger partial charge in [0.05, 0.1) is 32.8 Å². The van der Waals surface area contributed by atoms with Crippen molar-refractivity contribution < 1.29 is 14.7 Å². The van der Waals surface area contributed by atoms with E-state index in [9.17, 15) is 14.7 Å². The van der Waals surface area contributed by atoms with Crippen LogP contribution in [0.4, 0.5) is 0 Å². The fourth-order valence-corrected chi connectivity index (χ4v) is 7.08. The summed E-state index contributed by atoms with van der Waals surface area (Å²) in [5.41, 5.74) is 7.63. The average Bonchev–Trinajstić information content (AvgIpc) is 3.60. The van der Waals surface area contributed by atoms with E-state index in [1.807, 2.05) is 71.0 Å². The molecule has 6 aromatic rings. The second-order valence-corrected chi connectivity index (χ2v) is 11.9. The quantitative estimate of drug-likeness (QED) is 0.224. The Morgan fingerprint density at radius 3 is 2.47 bits per heavy atom. The number of aromatic nitrogens is 4. The highest BCUT2D eigenvalue weighted by molar-refractivity contribution is 7.21. The molecular formula is C34H29N5O3S. The van der Waals surface area contributed by atoms with Crippen LogP contribution in [0.1, 0.15) is 34.6 Å². The Kier molecular flexibility index (Phi) is 6.95. The highest BCUT2D eigenvalue weighted by Crippen LogP contribution is 2.45. The number of nitrogens with zero attached hydrogens (tertiary/aromatic N) is 5. The summed E-state index contributed by atoms with van der Waals surface area (Å²) in [7, 11) is 0. The van der Waals surface area contributed by atoms with E-state index in [0.717, 1.165) is 92.9 Å². The van der Waals surface area contributed by atoms with E-state index in [4.69, 9.17) is 4.98 Å². The molecule has 0 atom stereocenters. The molecule has 0 aliphatic carbocycles. The number of piperidine rings is 1. The molecule has 1 aliphatic rings. The molecule has 0 spiro atoms. The first-order valence-corrected chi connectivity index (χ1v) is 15.2. The molecule has 1 saturated heterocycles. The van der Waals surface area contributed by atoms with Gasteiger partial charge in [-0.15, -0.1) is 11.3 Å². The summed E-state index contributed by atoms with van der Waals surface area (Å²) in [4.78, 5) is 41.6. The van der Waals surface area contributed by atoms with Crippen molar-refractivity contribution in [3.8, 4) is 33.8 Å². The maximum Gasteiger partial charge on any atom is 0.345 e. The largest absolute Gasteiger partial charge is 0.477 e. The zero-order valence-electron chi connectivity index (χ0n) is 23.7. The van der Waals surface area contributed by atoms with Crippen LogP contribution < -0.4 is 0 Å². The van der Waals surface area contributed by atoms with Crippen LogP contribution in [0, 0.1) is 6.92 Å². The van der Waals surface area contributed by atoms with Crippen LogP contribution in [0.15, 0.2) is 79.1 Å². The van der Waals surface area contributed by atoms with Gasteiger partial charge in [0.1, 0.15) is 17.1 Å². The lowest BCUT2D eigenvalue weighted by molar-refractivity contribution is -0.132. The summed E-state index contributed by atoms with van der Waals surface area (Å²) in [5, 5.41) is 10.8. The van der Waals surface area contributed by atoms with Gasteiger partial charge in [-0.2, -0.15) is 0 Å². The Labute approximate surface area is 252 Å². The molecule has 4 aromatic heterocycles. The molecule has 8 nitrogen and oxygen atoms in total. The number of hydrogen-bond donors (Lipinski definition) is 1. The number of carbonyl (C=O) groups excluding carboxylic acids is 1. The van der Waals surface area contributed by atoms with E-state index >= 15 is 0 Å². The second-order valence-electron chi connectivity index (χ2n) is 10.8. The predicted molar refractivity (Wildman–Crippen MR) is 169 cm³/mol. The first kappa shape index (κ1) is 27.0. The van der Waals surface area contributed by atoms with Gasteiger partial charge in [0.15, 0.2) is 0 Å². The van der Waals surface area contributed by atoms with Crippen LogP contribution in [-0.2, 0) is 11.3 Å². The number of hydrogen-bond acceptors (Lipinski definition) is 6. The Morgan fingerprint density at radius 1 is 0.907 bits per heavy atom. The number of carboxylic acid groups (broad SMARTS) is 1. The van der Waals surface area contributed by atoms with Crippen molar-refractivity contribution in [3.05, 3.63) is 89.7 Å². The molecular weight excluding hydrogens is 558 g/mol. The third-order valence-corrected chi connectivity index (χ3v) is 9.23. The van der Waals surface area contributed by atoms with Crippen molar-refractivity contribution >= 4 is 44.3 Å². The molecule has 1 amide bonds. The van der Waals surface area contributed by atoms with Crippen LogP contribution in [0.25, 0.3) is 54.9 Å². The van der Waals surface area contributed by atoms with E-state index in [0.29, 0.717) is 0 Å². The van der Waals surface area contributed by atoms with E-state index in [1.165, 1.54) is 11.3 Å². The molecule has 214 valence electrons. The molecule has 0 unspecified atom stereocenters. The van der Waals surface area contributed by atoms with Gasteiger partial charge in [-0.1, -0.05) is 42.5 Å². The van der Waals surface area contributed by atoms with Gasteiger partial charge in [-0.25, -0.2) is 9.78 Å². The summed E-state index contributed by atoms with van der Waals surface area (Å²) in [6.45, 7) is 3.56. The number of aryl methyl sites for hydroxylation is 1. The second kappa shape index (κ2) is 11.1. The van der Waals surface area contributed by atoms with Crippen LogP contribution in [-0.4, -0.2) is 54.5 Å². The van der Waals surface area contributed by atoms with Crippen molar-refractivity contribution in [2.75, 3.05) is 13.1 Å². The summed E-state index contributed by atoms with van der Waals surface area (Å²) < 4.78 is 2.88. The van der Waals surface area contributed by atoms with E-state index in [1.54, 1.807) is 18.5 Å². The number of thiophene rings is 1. The van der Waals surface area contributed by atoms with Gasteiger partial charge in [-0.05, 0) is 61.6 Å². The number of rotatable bonds is 6. The maximum atomic E-state index is 13.7. The lowest BCUT2D eigenvalue weighted by Crippen LogP contribution is -2.37. The lowest BCUT2D eigenvalue weighted by Gasteiger charge is -2.27. The zero-order chi connectivity index (χ0) is 29.5. The third kappa shape index (κ3) is 4.95. The SMILES string of the molecule is Cc1nccnc1-c1ccc2cc(-c3c(-c4ccccc4)c4sc(C(=O)O)cc4n3CC(=O)N3CCCCC3)ccc2n1. The number of pyridine rings is 1. The van der Waals surface area contributed by atoms with Crippen molar-refractivity contribution in [2.24, 2.45) is 0 Å². The highest BCUT2D eigenvalue weighted by atomic mass is 32.1. The average molecular weight is 588 g/mol. The van der Waals surface area contributed by atoms with Crippen LogP contribution in [0.3, 0.4) is 0 Å². The number of carbonyl (C=O) groups is 2. The summed E-state index contributed by atoms with van der Waals surface area (Å²) >= 11 is 1.25. The van der Waals surface area contributed by atoms with Gasteiger partial charge in [0, 0.05) is 36.4 Å². The minimum absolute atomic E-state index is 0.0481. The standard InChI is InChI=1S/C34H29N5O3S/c1-21-31(36-15-14-35-21)26-13-10-23-18-24(11-12-25(23)37-26)32-30(22-8-4-2-5-9-22)33-27(19-28(43-33)34(41)42)39(32)20-29(40)38-16-6-3-7-17-38/h2,4-5,8-15,18-19H,3,6-7,16-17,20H2,1H3,(H,41,42). The summed E-state index contributed by atoms with van der Waals surface area (Å²) in [6, 6.07) is 21.8. The van der Waals surface area contributed by atoms with Crippen LogP contribution >= 0.6 is 11.3 Å². The predicted octanol–water partition coefficient (Wildman–Crippen LogP) is 7.06. The third-order valence-electron chi connectivity index (χ3n) is 8.10. The van der Waals surface area contributed by atoms with Crippen LogP contribution in [0.5, 0.6) is 0 Å². The van der Waals surface area contributed by atoms with Gasteiger partial charge in [0.2, 0.25) is 5.91 Å². The minimum Gasteiger partial charge on any atom is -0.477 e. The molecule has 2 aromatic carbocycles. The number of likely N-dealkylation sites (tertiary alicyclic amines) is 1. The maximum absolute atomic E-state index is 13.7. The fraction of sp³-hybridized carbons (Fsp3) is 0.206. The van der Waals surface area contributed by atoms with Crippen molar-refractivity contribution in [1.82, 2.24) is 24.4 Å². The molecule has 0 radical (unpaired) electrons. The molecule has 7 rings (SSSR count).